The van der Waals surface area contributed by atoms with Crippen molar-refractivity contribution < 1.29 is 38.2 Å². The number of carboxylic acid groups (broad SMARTS) is 1. The first-order valence-corrected chi connectivity index (χ1v) is 4.36. The number of carbonyl (C=O) groups is 4. The molecular weight excluding hydrogens is 258 g/mol. The third-order valence-electron chi connectivity index (χ3n) is 0.787. The van der Waals surface area contributed by atoms with Crippen molar-refractivity contribution in [2.75, 3.05) is 0 Å². The summed E-state index contributed by atoms with van der Waals surface area (Å²) in [6.07, 6.45) is 0. The maximum atomic E-state index is 10.4. The van der Waals surface area contributed by atoms with Gasteiger partial charge in [0, 0.05) is 27.7 Å². The van der Waals surface area contributed by atoms with Crippen molar-refractivity contribution in [1.29, 1.82) is 0 Å². The summed E-state index contributed by atoms with van der Waals surface area (Å²) >= 11 is 0. The van der Waals surface area contributed by atoms with E-state index in [1.165, 1.54) is 0 Å². The van der Waals surface area contributed by atoms with Crippen molar-refractivity contribution in [2.45, 2.75) is 27.7 Å². The van der Waals surface area contributed by atoms with Gasteiger partial charge < -0.3 is 19.1 Å². The van der Waals surface area contributed by atoms with Gasteiger partial charge in [-0.2, -0.15) is 0 Å². The molecule has 0 rings (SSSR count). The van der Waals surface area contributed by atoms with Crippen LogP contribution >= 0.6 is 0 Å². The zero-order valence-corrected chi connectivity index (χ0v) is 9.88. The van der Waals surface area contributed by atoms with Gasteiger partial charge in [0.05, 0.1) is 0 Å². The molecule has 0 spiro atoms. The average molecular weight is 272 g/mol. The van der Waals surface area contributed by atoms with Crippen LogP contribution in [-0.2, 0) is 33.1 Å². The van der Waals surface area contributed by atoms with Crippen LogP contribution in [0.4, 0.5) is 0 Å². The van der Waals surface area contributed by atoms with Crippen LogP contribution in [0.1, 0.15) is 27.7 Å². The number of hydrogen-bond acceptors (Lipinski definition) is 7. The van der Waals surface area contributed by atoms with Crippen LogP contribution in [0.5, 0.6) is 0 Å². The normalized spacial score (nSPS) is 7.56. The van der Waals surface area contributed by atoms with Gasteiger partial charge in [-0.25, -0.2) is 0 Å². The number of carbonyl (C=O) groups excluding carboxylic acids is 3. The summed E-state index contributed by atoms with van der Waals surface area (Å²) in [7, 11) is -1.59. The first kappa shape index (κ1) is 22.2. The summed E-state index contributed by atoms with van der Waals surface area (Å²) in [6.45, 7) is 4.37. The molecule has 0 saturated heterocycles. The molecule has 0 fully saturated rings. The van der Waals surface area contributed by atoms with Crippen LogP contribution in [0.3, 0.4) is 0 Å². The van der Waals surface area contributed by atoms with Crippen LogP contribution in [0.15, 0.2) is 0 Å². The molecule has 0 amide bonds. The van der Waals surface area contributed by atoms with E-state index in [9.17, 15) is 14.4 Å². The molecule has 0 heterocycles. The summed E-state index contributed by atoms with van der Waals surface area (Å²) in [4.78, 5) is 40.2. The standard InChI is InChI=1S/C6H9BO6.C2H4O2.Na.H/c1-4(8)11-7(12-5(2)9)13-6(3)10;1-2(3)4;;/h1-3H3;1H3,(H,3,4);;. The van der Waals surface area contributed by atoms with Gasteiger partial charge in [0.25, 0.3) is 23.9 Å². The van der Waals surface area contributed by atoms with E-state index in [0.29, 0.717) is 0 Å². The predicted molar refractivity (Wildman–Crippen MR) is 61.5 cm³/mol. The predicted octanol–water partition coefficient (Wildman–Crippen LogP) is -0.897. The van der Waals surface area contributed by atoms with Crippen molar-refractivity contribution >= 4 is 60.8 Å². The van der Waals surface area contributed by atoms with E-state index in [1.807, 2.05) is 0 Å². The molecule has 98 valence electrons. The second-order valence-corrected chi connectivity index (χ2v) is 2.64. The monoisotopic (exact) mass is 272 g/mol. The fourth-order valence-corrected chi connectivity index (χ4v) is 0.479. The fourth-order valence-electron chi connectivity index (χ4n) is 0.479. The summed E-state index contributed by atoms with van der Waals surface area (Å²) in [5.41, 5.74) is 0. The van der Waals surface area contributed by atoms with Crippen LogP contribution in [-0.4, -0.2) is 65.9 Å². The Hall–Kier alpha value is -1.06. The molecule has 0 aromatic carbocycles. The van der Waals surface area contributed by atoms with Crippen molar-refractivity contribution in [1.82, 2.24) is 0 Å². The Bertz CT molecular complexity index is 263. The SMILES string of the molecule is CC(=O)O.CC(=O)OB(OC(C)=O)OC(C)=O.[NaH]. The number of aliphatic carboxylic acids is 1. The van der Waals surface area contributed by atoms with Gasteiger partial charge in [-0.1, -0.05) is 0 Å². The molecule has 0 aliphatic carbocycles. The topological polar surface area (TPSA) is 116 Å². The molecule has 0 atom stereocenters. The quantitative estimate of drug-likeness (QED) is 0.657. The second kappa shape index (κ2) is 12.4. The molecule has 0 aliphatic heterocycles. The third-order valence-corrected chi connectivity index (χ3v) is 0.787. The van der Waals surface area contributed by atoms with Gasteiger partial charge in [-0.05, 0) is 0 Å². The van der Waals surface area contributed by atoms with Crippen molar-refractivity contribution in [3.63, 3.8) is 0 Å². The van der Waals surface area contributed by atoms with E-state index >= 15 is 0 Å². The molecular formula is C8H14BNaO8. The van der Waals surface area contributed by atoms with Crippen LogP contribution in [0, 0.1) is 0 Å². The number of rotatable bonds is 3. The summed E-state index contributed by atoms with van der Waals surface area (Å²) in [6, 6.07) is 0. The zero-order chi connectivity index (χ0) is 14.0. The van der Waals surface area contributed by atoms with Crippen molar-refractivity contribution in [3.8, 4) is 0 Å². The Labute approximate surface area is 126 Å². The summed E-state index contributed by atoms with van der Waals surface area (Å²) in [5.74, 6) is -2.98. The molecule has 0 radical (unpaired) electrons. The molecule has 8 nitrogen and oxygen atoms in total. The van der Waals surface area contributed by atoms with Gasteiger partial charge in [0.1, 0.15) is 0 Å². The molecule has 0 aromatic heterocycles. The Morgan fingerprint density at radius 3 is 1.06 bits per heavy atom. The Balaban J connectivity index is -0.000000392. The zero-order valence-electron chi connectivity index (χ0n) is 9.88. The Morgan fingerprint density at radius 1 is 0.778 bits per heavy atom. The summed E-state index contributed by atoms with van der Waals surface area (Å²) in [5, 5.41) is 7.42. The minimum absolute atomic E-state index is 0. The van der Waals surface area contributed by atoms with E-state index < -0.39 is 31.2 Å². The van der Waals surface area contributed by atoms with Crippen LogP contribution in [0.25, 0.3) is 0 Å². The third kappa shape index (κ3) is 24.3. The molecule has 10 heteroatoms. The minimum atomic E-state index is -1.59. The van der Waals surface area contributed by atoms with Crippen molar-refractivity contribution in [3.05, 3.63) is 0 Å². The Kier molecular flexibility index (Phi) is 15.3. The van der Waals surface area contributed by atoms with Crippen molar-refractivity contribution in [2.24, 2.45) is 0 Å². The van der Waals surface area contributed by atoms with E-state index in [4.69, 9.17) is 9.90 Å². The molecule has 0 bridgehead atoms. The van der Waals surface area contributed by atoms with Crippen LogP contribution in [0.2, 0.25) is 0 Å². The van der Waals surface area contributed by atoms with Gasteiger partial charge in [0.2, 0.25) is 0 Å². The van der Waals surface area contributed by atoms with Gasteiger partial charge >= 0.3 is 36.9 Å². The molecule has 1 N–H and O–H groups in total. The van der Waals surface area contributed by atoms with Gasteiger partial charge in [-0.15, -0.1) is 0 Å². The molecule has 0 aliphatic rings. The average Bonchev–Trinajstić information content (AvgIpc) is 1.96. The molecule has 0 aromatic rings. The van der Waals surface area contributed by atoms with E-state index in [-0.39, 0.29) is 29.6 Å². The maximum absolute atomic E-state index is 10.4. The number of carboxylic acids is 1. The fraction of sp³-hybridized carbons (Fsp3) is 0.500. The molecule has 18 heavy (non-hydrogen) atoms. The first-order valence-electron chi connectivity index (χ1n) is 4.36. The molecule has 0 unspecified atom stereocenters. The second-order valence-electron chi connectivity index (χ2n) is 2.64. The van der Waals surface area contributed by atoms with E-state index in [2.05, 4.69) is 14.0 Å². The molecule has 0 saturated carbocycles. The number of hydrogen-bond donors (Lipinski definition) is 1. The van der Waals surface area contributed by atoms with Crippen LogP contribution < -0.4 is 0 Å². The first-order chi connectivity index (χ1) is 7.65. The van der Waals surface area contributed by atoms with Gasteiger partial charge in [0.15, 0.2) is 0 Å². The van der Waals surface area contributed by atoms with Gasteiger partial charge in [-0.3, -0.25) is 19.2 Å². The Morgan fingerprint density at radius 2 is 0.944 bits per heavy atom. The van der Waals surface area contributed by atoms with E-state index in [1.54, 1.807) is 0 Å². The van der Waals surface area contributed by atoms with E-state index in [0.717, 1.165) is 27.7 Å². The summed E-state index contributed by atoms with van der Waals surface area (Å²) < 4.78 is 13.0.